The smallest absolute Gasteiger partial charge is 0.161 e. The Bertz CT molecular complexity index is 208. The van der Waals surface area contributed by atoms with E-state index >= 15 is 0 Å². The molecule has 1 heterocycles. The minimum absolute atomic E-state index is 0.610. The Morgan fingerprint density at radius 1 is 1.89 bits per heavy atom. The number of carbonyl (C=O) groups excluding carboxylic acids is 1. The lowest BCUT2D eigenvalue weighted by molar-refractivity contribution is 0.112. The number of hydrogen-bond donors (Lipinski definition) is 1. The number of thiazole rings is 1. The van der Waals surface area contributed by atoms with Gasteiger partial charge in [-0.15, -0.1) is 11.3 Å². The van der Waals surface area contributed by atoms with Crippen molar-refractivity contribution in [1.82, 2.24) is 4.98 Å². The van der Waals surface area contributed by atoms with Crippen LogP contribution in [-0.2, 0) is 5.75 Å². The Labute approximate surface area is 62.3 Å². The molecule has 0 aliphatic rings. The summed E-state index contributed by atoms with van der Waals surface area (Å²) in [4.78, 5) is 14.7. The van der Waals surface area contributed by atoms with Crippen molar-refractivity contribution in [1.29, 1.82) is 0 Å². The molecule has 0 aromatic carbocycles. The molecule has 1 aromatic heterocycles. The molecule has 2 nitrogen and oxygen atoms in total. The summed E-state index contributed by atoms with van der Waals surface area (Å²) in [7, 11) is 0. The minimum atomic E-state index is 0.610. The van der Waals surface area contributed by atoms with Crippen molar-refractivity contribution in [2.24, 2.45) is 0 Å². The highest BCUT2D eigenvalue weighted by Gasteiger charge is 1.96. The Morgan fingerprint density at radius 2 is 2.67 bits per heavy atom. The van der Waals surface area contributed by atoms with Crippen LogP contribution in [0.15, 0.2) is 6.20 Å². The summed E-state index contributed by atoms with van der Waals surface area (Å²) in [5.74, 6) is 0.610. The van der Waals surface area contributed by atoms with E-state index in [2.05, 4.69) is 17.6 Å². The van der Waals surface area contributed by atoms with Crippen LogP contribution < -0.4 is 0 Å². The maximum absolute atomic E-state index is 10.1. The molecule has 0 radical (unpaired) electrons. The monoisotopic (exact) mass is 159 g/mol. The first-order valence-corrected chi connectivity index (χ1v) is 3.82. The second-order valence-corrected chi connectivity index (χ2v) is 2.90. The molecule has 0 aliphatic carbocycles. The Balaban J connectivity index is 2.86. The maximum atomic E-state index is 10.1. The van der Waals surface area contributed by atoms with Crippen LogP contribution in [0, 0.1) is 0 Å². The van der Waals surface area contributed by atoms with E-state index in [0.29, 0.717) is 10.6 Å². The van der Waals surface area contributed by atoms with Crippen LogP contribution >= 0.6 is 24.0 Å². The maximum Gasteiger partial charge on any atom is 0.161 e. The lowest BCUT2D eigenvalue weighted by atomic mass is 10.6. The molecule has 1 rings (SSSR count). The van der Waals surface area contributed by atoms with Crippen molar-refractivity contribution in [2.75, 3.05) is 0 Å². The Kier molecular flexibility index (Phi) is 2.24. The first-order chi connectivity index (χ1) is 4.36. The van der Waals surface area contributed by atoms with Crippen LogP contribution in [0.4, 0.5) is 0 Å². The van der Waals surface area contributed by atoms with Crippen LogP contribution in [0.25, 0.3) is 0 Å². The van der Waals surface area contributed by atoms with Crippen LogP contribution in [0.2, 0.25) is 0 Å². The fourth-order valence-corrected chi connectivity index (χ4v) is 1.32. The quantitative estimate of drug-likeness (QED) is 0.522. The van der Waals surface area contributed by atoms with E-state index in [-0.39, 0.29) is 0 Å². The molecule has 0 aliphatic heterocycles. The molecule has 0 N–H and O–H groups in total. The second kappa shape index (κ2) is 2.98. The molecule has 0 spiro atoms. The average molecular weight is 159 g/mol. The first-order valence-electron chi connectivity index (χ1n) is 2.37. The van der Waals surface area contributed by atoms with E-state index in [1.807, 2.05) is 0 Å². The molecule has 48 valence electrons. The number of hydrogen-bond acceptors (Lipinski definition) is 4. The number of aldehydes is 1. The molecule has 0 saturated heterocycles. The minimum Gasteiger partial charge on any atom is -0.297 e. The topological polar surface area (TPSA) is 30.0 Å². The second-order valence-electron chi connectivity index (χ2n) is 1.43. The largest absolute Gasteiger partial charge is 0.297 e. The molecule has 4 heteroatoms. The third-order valence-electron chi connectivity index (χ3n) is 0.823. The highest BCUT2D eigenvalue weighted by molar-refractivity contribution is 7.79. The van der Waals surface area contributed by atoms with Crippen molar-refractivity contribution in [3.63, 3.8) is 0 Å². The lowest BCUT2D eigenvalue weighted by Gasteiger charge is -1.77. The third-order valence-corrected chi connectivity index (χ3v) is 2.26. The van der Waals surface area contributed by atoms with Gasteiger partial charge in [-0.1, -0.05) is 0 Å². The molecule has 0 bridgehead atoms. The molecule has 0 fully saturated rings. The normalized spacial score (nSPS) is 9.44. The van der Waals surface area contributed by atoms with Gasteiger partial charge in [0.25, 0.3) is 0 Å². The van der Waals surface area contributed by atoms with Crippen LogP contribution in [0.5, 0.6) is 0 Å². The van der Waals surface area contributed by atoms with Gasteiger partial charge >= 0.3 is 0 Å². The molecular weight excluding hydrogens is 154 g/mol. The molecule has 0 unspecified atom stereocenters. The zero-order valence-electron chi connectivity index (χ0n) is 4.57. The van der Waals surface area contributed by atoms with Gasteiger partial charge in [-0.25, -0.2) is 4.98 Å². The van der Waals surface area contributed by atoms with E-state index in [1.54, 1.807) is 6.20 Å². The fraction of sp³-hybridized carbons (Fsp3) is 0.200. The van der Waals surface area contributed by atoms with Gasteiger partial charge < -0.3 is 0 Å². The highest BCUT2D eigenvalue weighted by Crippen LogP contribution is 2.11. The molecule has 9 heavy (non-hydrogen) atoms. The number of thiol groups is 1. The molecule has 1 aromatic rings. The predicted octanol–water partition coefficient (Wildman–Crippen LogP) is 1.39. The van der Waals surface area contributed by atoms with Gasteiger partial charge in [0.2, 0.25) is 0 Å². The van der Waals surface area contributed by atoms with Crippen molar-refractivity contribution in [2.45, 2.75) is 5.75 Å². The summed E-state index contributed by atoms with van der Waals surface area (Å²) in [5.41, 5.74) is 0. The zero-order chi connectivity index (χ0) is 6.69. The molecular formula is C5H5NOS2. The summed E-state index contributed by atoms with van der Waals surface area (Å²) in [5, 5.41) is 0.889. The molecule has 0 saturated carbocycles. The predicted molar refractivity (Wildman–Crippen MR) is 40.2 cm³/mol. The van der Waals surface area contributed by atoms with Gasteiger partial charge in [-0.3, -0.25) is 4.79 Å². The summed E-state index contributed by atoms with van der Waals surface area (Å²) in [6, 6.07) is 0. The van der Waals surface area contributed by atoms with Gasteiger partial charge in [0.05, 0.1) is 4.88 Å². The number of rotatable bonds is 2. The number of carbonyl (C=O) groups is 1. The van der Waals surface area contributed by atoms with Gasteiger partial charge in [0.15, 0.2) is 6.29 Å². The molecule has 0 amide bonds. The van der Waals surface area contributed by atoms with Crippen LogP contribution in [-0.4, -0.2) is 11.3 Å². The van der Waals surface area contributed by atoms with Gasteiger partial charge in [-0.2, -0.15) is 12.6 Å². The van der Waals surface area contributed by atoms with Gasteiger partial charge in [0.1, 0.15) is 5.01 Å². The first kappa shape index (κ1) is 6.77. The van der Waals surface area contributed by atoms with E-state index in [1.165, 1.54) is 11.3 Å². The third kappa shape index (κ3) is 1.53. The van der Waals surface area contributed by atoms with E-state index in [9.17, 15) is 4.79 Å². The van der Waals surface area contributed by atoms with Crippen molar-refractivity contribution in [3.8, 4) is 0 Å². The van der Waals surface area contributed by atoms with E-state index in [4.69, 9.17) is 0 Å². The van der Waals surface area contributed by atoms with E-state index < -0.39 is 0 Å². The SMILES string of the molecule is O=Cc1cnc(CS)s1. The average Bonchev–Trinajstić information content (AvgIpc) is 2.34. The van der Waals surface area contributed by atoms with Crippen LogP contribution in [0.1, 0.15) is 14.7 Å². The lowest BCUT2D eigenvalue weighted by Crippen LogP contribution is -1.67. The standard InChI is InChI=1S/C5H5NOS2/c7-2-4-1-6-5(3-8)9-4/h1-2,8H,3H2. The Morgan fingerprint density at radius 3 is 3.00 bits per heavy atom. The van der Waals surface area contributed by atoms with Crippen molar-refractivity contribution < 1.29 is 4.79 Å². The Hall–Kier alpha value is -0.350. The van der Waals surface area contributed by atoms with E-state index in [0.717, 1.165) is 11.3 Å². The van der Waals surface area contributed by atoms with Gasteiger partial charge in [-0.05, 0) is 0 Å². The number of aromatic nitrogens is 1. The van der Waals surface area contributed by atoms with Crippen LogP contribution in [0.3, 0.4) is 0 Å². The summed E-state index contributed by atoms with van der Waals surface area (Å²) >= 11 is 5.37. The van der Waals surface area contributed by atoms with Crippen molar-refractivity contribution in [3.05, 3.63) is 16.1 Å². The fourth-order valence-electron chi connectivity index (χ4n) is 0.452. The molecule has 0 atom stereocenters. The summed E-state index contributed by atoms with van der Waals surface area (Å²) < 4.78 is 0. The zero-order valence-corrected chi connectivity index (χ0v) is 6.28. The van der Waals surface area contributed by atoms with Crippen molar-refractivity contribution >= 4 is 30.3 Å². The summed E-state index contributed by atoms with van der Waals surface area (Å²) in [6.45, 7) is 0. The highest BCUT2D eigenvalue weighted by atomic mass is 32.1. The van der Waals surface area contributed by atoms with Gasteiger partial charge in [0, 0.05) is 11.9 Å². The summed E-state index contributed by atoms with van der Waals surface area (Å²) in [6.07, 6.45) is 2.35. The number of nitrogens with zero attached hydrogens (tertiary/aromatic N) is 1.